The molecule has 1 saturated carbocycles. The molecular weight excluding hydrogens is 372 g/mol. The Morgan fingerprint density at radius 1 is 1.31 bits per heavy atom. The summed E-state index contributed by atoms with van der Waals surface area (Å²) in [7, 11) is 3.57. The highest BCUT2D eigenvalue weighted by Gasteiger charge is 2.64. The topological polar surface area (TPSA) is 87.1 Å². The first-order valence-corrected chi connectivity index (χ1v) is 10.6. The Morgan fingerprint density at radius 2 is 2.07 bits per heavy atom. The quantitative estimate of drug-likeness (QED) is 0.542. The molecule has 7 heteroatoms. The number of methoxy groups -OCH3 is 1. The number of aliphatic hydroxyl groups is 2. The van der Waals surface area contributed by atoms with E-state index >= 15 is 0 Å². The SMILES string of the molecule is COC(=O)[C@@H]1[C@H]2C[C@H]3N4c5ccccc5C(=O)[C@]4(O)CC[N@@+]3(C)C[C@@H]2CC[C@H]1O. The van der Waals surface area contributed by atoms with E-state index in [9.17, 15) is 19.8 Å². The zero-order chi connectivity index (χ0) is 20.6. The van der Waals surface area contributed by atoms with Crippen molar-refractivity contribution in [3.63, 3.8) is 0 Å². The third-order valence-electron chi connectivity index (χ3n) is 8.08. The Hall–Kier alpha value is -1.96. The number of aliphatic hydroxyl groups excluding tert-OH is 1. The smallest absolute Gasteiger partial charge is 0.311 e. The Kier molecular flexibility index (Phi) is 4.11. The van der Waals surface area contributed by atoms with Gasteiger partial charge in [0.15, 0.2) is 6.17 Å². The van der Waals surface area contributed by atoms with Crippen molar-refractivity contribution in [1.29, 1.82) is 0 Å². The fourth-order valence-corrected chi connectivity index (χ4v) is 6.62. The number of nitrogens with zero attached hydrogens (tertiary/aromatic N) is 2. The van der Waals surface area contributed by atoms with Crippen LogP contribution >= 0.6 is 0 Å². The first-order chi connectivity index (χ1) is 13.8. The summed E-state index contributed by atoms with van der Waals surface area (Å²) in [6.07, 6.45) is 1.71. The predicted molar refractivity (Wildman–Crippen MR) is 105 cm³/mol. The molecule has 2 N–H and O–H groups in total. The standard InChI is InChI=1S/C22H29N2O5/c1-24-10-9-22(28)20(26)14-5-3-4-6-16(14)23(22)18(24)11-15-13(12-24)7-8-17(25)19(15)21(27)29-2/h3-6,13,15,17-19,25,28H,7-12H2,1-2H3/q+1/t13-,15-,17+,18-,19+,22+,24-/m0/s1. The highest BCUT2D eigenvalue weighted by molar-refractivity contribution is 6.13. The van der Waals surface area contributed by atoms with E-state index in [1.54, 1.807) is 6.07 Å². The van der Waals surface area contributed by atoms with Gasteiger partial charge in [0.05, 0.1) is 51.4 Å². The number of carbonyl (C=O) groups excluding carboxylic acids is 2. The highest BCUT2D eigenvalue weighted by atomic mass is 16.5. The molecule has 0 bridgehead atoms. The minimum Gasteiger partial charge on any atom is -0.469 e. The molecular formula is C22H29N2O5+. The fourth-order valence-electron chi connectivity index (χ4n) is 6.62. The van der Waals surface area contributed by atoms with Crippen LogP contribution in [0.1, 0.15) is 36.0 Å². The molecule has 0 spiro atoms. The molecule has 0 radical (unpaired) electrons. The van der Waals surface area contributed by atoms with Crippen LogP contribution in [-0.4, -0.2) is 71.7 Å². The number of hydrogen-bond donors (Lipinski definition) is 2. The van der Waals surface area contributed by atoms with Crippen LogP contribution in [0.25, 0.3) is 0 Å². The van der Waals surface area contributed by atoms with Gasteiger partial charge in [-0.15, -0.1) is 0 Å². The van der Waals surface area contributed by atoms with E-state index in [0.29, 0.717) is 37.3 Å². The lowest BCUT2D eigenvalue weighted by molar-refractivity contribution is -0.949. The second kappa shape index (κ2) is 6.27. The summed E-state index contributed by atoms with van der Waals surface area (Å²) >= 11 is 0. The lowest BCUT2D eigenvalue weighted by atomic mass is 9.65. The first kappa shape index (κ1) is 19.0. The van der Waals surface area contributed by atoms with Crippen molar-refractivity contribution in [3.05, 3.63) is 29.8 Å². The van der Waals surface area contributed by atoms with Gasteiger partial charge in [-0.1, -0.05) is 12.1 Å². The van der Waals surface area contributed by atoms with E-state index in [2.05, 4.69) is 7.05 Å². The van der Waals surface area contributed by atoms with Crippen molar-refractivity contribution in [2.75, 3.05) is 32.1 Å². The summed E-state index contributed by atoms with van der Waals surface area (Å²) in [5, 5.41) is 22.0. The number of ketones is 1. The minimum atomic E-state index is -1.52. The number of carbonyl (C=O) groups is 2. The minimum absolute atomic E-state index is 0.0207. The molecule has 3 heterocycles. The summed E-state index contributed by atoms with van der Waals surface area (Å²) in [6, 6.07) is 7.41. The van der Waals surface area contributed by atoms with E-state index in [1.807, 2.05) is 23.1 Å². The Balaban J connectivity index is 1.57. The molecule has 4 aliphatic rings. The van der Waals surface area contributed by atoms with Gasteiger partial charge in [-0.25, -0.2) is 0 Å². The molecule has 1 aromatic rings. The molecule has 1 aromatic carbocycles. The number of quaternary nitrogens is 1. The number of anilines is 1. The van der Waals surface area contributed by atoms with Crippen LogP contribution in [-0.2, 0) is 9.53 Å². The number of piperidine rings is 1. The highest BCUT2D eigenvalue weighted by Crippen LogP contribution is 2.52. The molecule has 3 fully saturated rings. The molecule has 2 saturated heterocycles. The normalized spacial score (nSPS) is 43.1. The van der Waals surface area contributed by atoms with Crippen LogP contribution in [0.15, 0.2) is 24.3 Å². The maximum absolute atomic E-state index is 13.1. The number of benzene rings is 1. The summed E-state index contributed by atoms with van der Waals surface area (Å²) in [5.41, 5.74) is -0.176. The van der Waals surface area contributed by atoms with Crippen molar-refractivity contribution in [2.45, 2.75) is 43.7 Å². The van der Waals surface area contributed by atoms with E-state index < -0.39 is 17.7 Å². The lowest BCUT2D eigenvalue weighted by Crippen LogP contribution is -2.76. The average molecular weight is 401 g/mol. The number of esters is 1. The number of ether oxygens (including phenoxy) is 1. The third kappa shape index (κ3) is 2.47. The monoisotopic (exact) mass is 401 g/mol. The van der Waals surface area contributed by atoms with Crippen molar-refractivity contribution >= 4 is 17.4 Å². The van der Waals surface area contributed by atoms with Crippen LogP contribution in [0, 0.1) is 17.8 Å². The zero-order valence-electron chi connectivity index (χ0n) is 17.0. The second-order valence-corrected chi connectivity index (χ2v) is 9.50. The van der Waals surface area contributed by atoms with Crippen molar-refractivity contribution < 1.29 is 29.0 Å². The Labute approximate surface area is 170 Å². The Morgan fingerprint density at radius 3 is 2.83 bits per heavy atom. The van der Waals surface area contributed by atoms with Gasteiger partial charge < -0.3 is 19.4 Å². The zero-order valence-corrected chi connectivity index (χ0v) is 17.0. The van der Waals surface area contributed by atoms with E-state index in [4.69, 9.17) is 4.74 Å². The van der Waals surface area contributed by atoms with Crippen LogP contribution in [0.5, 0.6) is 0 Å². The molecule has 0 unspecified atom stereocenters. The number of Topliss-reactive ketones (excluding diaryl/α,β-unsaturated/α-hetero) is 1. The van der Waals surface area contributed by atoms with Crippen molar-refractivity contribution in [2.24, 2.45) is 17.8 Å². The van der Waals surface area contributed by atoms with E-state index in [-0.39, 0.29) is 23.8 Å². The van der Waals surface area contributed by atoms with Gasteiger partial charge in [-0.05, 0) is 30.9 Å². The lowest BCUT2D eigenvalue weighted by Gasteiger charge is -2.60. The number of para-hydroxylation sites is 1. The molecule has 7 atom stereocenters. The fraction of sp³-hybridized carbons (Fsp3) is 0.636. The summed E-state index contributed by atoms with van der Waals surface area (Å²) in [6.45, 7) is 1.59. The summed E-state index contributed by atoms with van der Waals surface area (Å²) in [4.78, 5) is 27.5. The maximum atomic E-state index is 13.1. The summed E-state index contributed by atoms with van der Waals surface area (Å²) in [5.74, 6) is -0.825. The van der Waals surface area contributed by atoms with Gasteiger partial charge in [0.2, 0.25) is 11.5 Å². The second-order valence-electron chi connectivity index (χ2n) is 9.50. The molecule has 0 aromatic heterocycles. The van der Waals surface area contributed by atoms with Gasteiger partial charge in [0, 0.05) is 17.9 Å². The number of fused-ring (bicyclic) bond motifs is 6. The van der Waals surface area contributed by atoms with Gasteiger partial charge in [0.1, 0.15) is 0 Å². The molecule has 1 aliphatic carbocycles. The summed E-state index contributed by atoms with van der Waals surface area (Å²) < 4.78 is 5.77. The molecule has 0 amide bonds. The van der Waals surface area contributed by atoms with Crippen LogP contribution < -0.4 is 4.90 Å². The molecule has 156 valence electrons. The predicted octanol–water partition coefficient (Wildman–Crippen LogP) is 1.13. The van der Waals surface area contributed by atoms with Gasteiger partial charge in [0.25, 0.3) is 0 Å². The van der Waals surface area contributed by atoms with E-state index in [1.165, 1.54) is 7.11 Å². The largest absolute Gasteiger partial charge is 0.469 e. The van der Waals surface area contributed by atoms with Crippen LogP contribution in [0.3, 0.4) is 0 Å². The maximum Gasteiger partial charge on any atom is 0.311 e. The van der Waals surface area contributed by atoms with Gasteiger partial charge in [-0.3, -0.25) is 14.5 Å². The number of rotatable bonds is 1. The van der Waals surface area contributed by atoms with Crippen LogP contribution in [0.2, 0.25) is 0 Å². The number of hydrogen-bond acceptors (Lipinski definition) is 6. The molecule has 3 aliphatic heterocycles. The van der Waals surface area contributed by atoms with Crippen molar-refractivity contribution in [1.82, 2.24) is 0 Å². The molecule has 7 nitrogen and oxygen atoms in total. The Bertz CT molecular complexity index is 875. The van der Waals surface area contributed by atoms with Gasteiger partial charge >= 0.3 is 5.97 Å². The average Bonchev–Trinajstić information content (AvgIpc) is 2.94. The van der Waals surface area contributed by atoms with Crippen LogP contribution in [0.4, 0.5) is 5.69 Å². The third-order valence-corrected chi connectivity index (χ3v) is 8.08. The van der Waals surface area contributed by atoms with Gasteiger partial charge in [-0.2, -0.15) is 0 Å². The van der Waals surface area contributed by atoms with Crippen molar-refractivity contribution in [3.8, 4) is 0 Å². The van der Waals surface area contributed by atoms with E-state index in [0.717, 1.165) is 23.1 Å². The first-order valence-electron chi connectivity index (χ1n) is 10.6. The molecule has 5 rings (SSSR count). The molecule has 29 heavy (non-hydrogen) atoms.